The van der Waals surface area contributed by atoms with E-state index in [4.69, 9.17) is 37.8 Å². The molecule has 0 saturated heterocycles. The van der Waals surface area contributed by atoms with E-state index in [0.717, 1.165) is 16.8 Å². The van der Waals surface area contributed by atoms with Gasteiger partial charge in [0.2, 0.25) is 10.0 Å². The third kappa shape index (κ3) is 5.58. The number of benzene rings is 3. The number of anilines is 1. The van der Waals surface area contributed by atoms with Crippen molar-refractivity contribution in [3.05, 3.63) is 81.8 Å². The van der Waals surface area contributed by atoms with Crippen LogP contribution in [0, 0.1) is 0 Å². The van der Waals surface area contributed by atoms with Crippen molar-refractivity contribution in [2.45, 2.75) is 18.0 Å². The third-order valence-electron chi connectivity index (χ3n) is 4.34. The average Bonchev–Trinajstić information content (AvgIpc) is 2.72. The van der Waals surface area contributed by atoms with Crippen LogP contribution in [-0.4, -0.2) is 15.5 Å². The molecule has 30 heavy (non-hydrogen) atoms. The first-order valence-corrected chi connectivity index (χ1v) is 11.2. The Morgan fingerprint density at radius 3 is 2.27 bits per heavy atom. The van der Waals surface area contributed by atoms with Crippen LogP contribution in [0.1, 0.15) is 11.1 Å². The summed E-state index contributed by atoms with van der Waals surface area (Å²) in [5.74, 6) is 1.04. The van der Waals surface area contributed by atoms with Gasteiger partial charge in [0, 0.05) is 33.9 Å². The first-order chi connectivity index (χ1) is 14.3. The number of nitrogens with one attached hydrogen (secondary N) is 1. The summed E-state index contributed by atoms with van der Waals surface area (Å²) in [6.07, 6.45) is 0. The molecule has 0 saturated carbocycles. The minimum atomic E-state index is -3.72. The quantitative estimate of drug-likeness (QED) is 0.495. The SMILES string of the molecule is COc1cc(CNc2ccc(S(N)(=O)=O)cc2)c(Cl)cc1OCc1ccccc1Cl. The van der Waals surface area contributed by atoms with Crippen molar-refractivity contribution in [2.24, 2.45) is 5.14 Å². The molecule has 6 nitrogen and oxygen atoms in total. The number of rotatable bonds is 8. The Balaban J connectivity index is 1.71. The second-order valence-corrected chi connectivity index (χ2v) is 8.77. The number of nitrogens with two attached hydrogens (primary N) is 1. The van der Waals surface area contributed by atoms with Gasteiger partial charge in [-0.1, -0.05) is 41.4 Å². The molecular weight excluding hydrogens is 447 g/mol. The van der Waals surface area contributed by atoms with Gasteiger partial charge in [-0.2, -0.15) is 0 Å². The minimum absolute atomic E-state index is 0.0489. The lowest BCUT2D eigenvalue weighted by Crippen LogP contribution is -2.12. The molecule has 0 amide bonds. The number of primary sulfonamides is 1. The van der Waals surface area contributed by atoms with E-state index >= 15 is 0 Å². The van der Waals surface area contributed by atoms with Crippen molar-refractivity contribution in [1.29, 1.82) is 0 Å². The zero-order chi connectivity index (χ0) is 21.7. The molecule has 0 fully saturated rings. The molecule has 3 N–H and O–H groups in total. The van der Waals surface area contributed by atoms with Crippen LogP contribution in [0.15, 0.2) is 65.6 Å². The topological polar surface area (TPSA) is 90.6 Å². The second-order valence-electron chi connectivity index (χ2n) is 6.40. The van der Waals surface area contributed by atoms with Crippen molar-refractivity contribution < 1.29 is 17.9 Å². The fourth-order valence-electron chi connectivity index (χ4n) is 2.72. The number of halogens is 2. The summed E-state index contributed by atoms with van der Waals surface area (Å²) < 4.78 is 34.0. The van der Waals surface area contributed by atoms with Crippen LogP contribution in [0.25, 0.3) is 0 Å². The number of sulfonamides is 1. The maximum atomic E-state index is 11.3. The molecular formula is C21H20Cl2N2O4S. The van der Waals surface area contributed by atoms with E-state index in [-0.39, 0.29) is 11.5 Å². The second kappa shape index (κ2) is 9.57. The Hall–Kier alpha value is -2.45. The summed E-state index contributed by atoms with van der Waals surface area (Å²) in [5.41, 5.74) is 2.36. The van der Waals surface area contributed by atoms with E-state index in [1.54, 1.807) is 37.4 Å². The standard InChI is InChI=1S/C21H20Cl2N2O4S/c1-28-20-10-15(12-25-16-6-8-17(9-7-16)30(24,26)27)19(23)11-21(20)29-13-14-4-2-3-5-18(14)22/h2-11,25H,12-13H2,1H3,(H2,24,26,27). The molecule has 0 unspecified atom stereocenters. The summed E-state index contributed by atoms with van der Waals surface area (Å²) in [6, 6.07) is 17.0. The van der Waals surface area contributed by atoms with Crippen LogP contribution in [0.2, 0.25) is 10.0 Å². The molecule has 0 aliphatic heterocycles. The van der Waals surface area contributed by atoms with Crippen molar-refractivity contribution in [2.75, 3.05) is 12.4 Å². The van der Waals surface area contributed by atoms with Gasteiger partial charge in [-0.15, -0.1) is 0 Å². The van der Waals surface area contributed by atoms with Gasteiger partial charge in [0.15, 0.2) is 11.5 Å². The highest BCUT2D eigenvalue weighted by Crippen LogP contribution is 2.34. The Labute approximate surface area is 185 Å². The fraction of sp³-hybridized carbons (Fsp3) is 0.143. The van der Waals surface area contributed by atoms with E-state index in [1.165, 1.54) is 12.1 Å². The van der Waals surface area contributed by atoms with Crippen LogP contribution in [0.3, 0.4) is 0 Å². The first kappa shape index (κ1) is 22.2. The summed E-state index contributed by atoms with van der Waals surface area (Å²) in [6.45, 7) is 0.676. The highest BCUT2D eigenvalue weighted by molar-refractivity contribution is 7.89. The molecule has 3 aromatic carbocycles. The molecule has 0 radical (unpaired) electrons. The Kier molecular flexibility index (Phi) is 7.10. The summed E-state index contributed by atoms with van der Waals surface area (Å²) in [5, 5.41) is 9.41. The highest BCUT2D eigenvalue weighted by Gasteiger charge is 2.12. The molecule has 0 heterocycles. The van der Waals surface area contributed by atoms with Crippen molar-refractivity contribution in [3.8, 4) is 11.5 Å². The monoisotopic (exact) mass is 466 g/mol. The Morgan fingerprint density at radius 1 is 0.933 bits per heavy atom. The maximum absolute atomic E-state index is 11.3. The maximum Gasteiger partial charge on any atom is 0.238 e. The molecule has 158 valence electrons. The van der Waals surface area contributed by atoms with Crippen LogP contribution in [0.5, 0.6) is 11.5 Å². The van der Waals surface area contributed by atoms with Gasteiger partial charge in [0.25, 0.3) is 0 Å². The Bertz CT molecular complexity index is 1140. The van der Waals surface area contributed by atoms with Gasteiger partial charge < -0.3 is 14.8 Å². The number of methoxy groups -OCH3 is 1. The van der Waals surface area contributed by atoms with E-state index < -0.39 is 10.0 Å². The normalized spacial score (nSPS) is 11.2. The number of hydrogen-bond donors (Lipinski definition) is 2. The molecule has 0 aliphatic carbocycles. The van der Waals surface area contributed by atoms with Crippen molar-refractivity contribution in [1.82, 2.24) is 0 Å². The van der Waals surface area contributed by atoms with E-state index in [1.807, 2.05) is 18.2 Å². The van der Waals surface area contributed by atoms with E-state index in [9.17, 15) is 8.42 Å². The lowest BCUT2D eigenvalue weighted by atomic mass is 10.2. The van der Waals surface area contributed by atoms with Gasteiger partial charge in [-0.3, -0.25) is 0 Å². The molecule has 3 rings (SSSR count). The van der Waals surface area contributed by atoms with Crippen molar-refractivity contribution in [3.63, 3.8) is 0 Å². The smallest absolute Gasteiger partial charge is 0.238 e. The van der Waals surface area contributed by atoms with Gasteiger partial charge >= 0.3 is 0 Å². The number of ether oxygens (including phenoxy) is 2. The lowest BCUT2D eigenvalue weighted by molar-refractivity contribution is 0.284. The zero-order valence-corrected chi connectivity index (χ0v) is 18.4. The van der Waals surface area contributed by atoms with Crippen LogP contribution < -0.4 is 19.9 Å². The average molecular weight is 467 g/mol. The lowest BCUT2D eigenvalue weighted by Gasteiger charge is -2.15. The molecule has 0 spiro atoms. The highest BCUT2D eigenvalue weighted by atomic mass is 35.5. The summed E-state index contributed by atoms with van der Waals surface area (Å²) in [7, 11) is -2.17. The van der Waals surface area contributed by atoms with Gasteiger partial charge in [-0.25, -0.2) is 13.6 Å². The molecule has 3 aromatic rings. The molecule has 0 aromatic heterocycles. The van der Waals surface area contributed by atoms with Crippen LogP contribution in [0.4, 0.5) is 5.69 Å². The fourth-order valence-corrected chi connectivity index (χ4v) is 3.64. The van der Waals surface area contributed by atoms with Gasteiger partial charge in [0.05, 0.1) is 12.0 Å². The van der Waals surface area contributed by atoms with Gasteiger partial charge in [-0.05, 0) is 42.0 Å². The predicted molar refractivity (Wildman–Crippen MR) is 119 cm³/mol. The van der Waals surface area contributed by atoms with E-state index in [0.29, 0.717) is 28.1 Å². The first-order valence-electron chi connectivity index (χ1n) is 8.87. The molecule has 0 aliphatic rings. The van der Waals surface area contributed by atoms with Crippen LogP contribution in [-0.2, 0) is 23.2 Å². The van der Waals surface area contributed by atoms with E-state index in [2.05, 4.69) is 5.32 Å². The summed E-state index contributed by atoms with van der Waals surface area (Å²) in [4.78, 5) is 0.0489. The molecule has 0 bridgehead atoms. The summed E-state index contributed by atoms with van der Waals surface area (Å²) >= 11 is 12.6. The Morgan fingerprint density at radius 2 is 1.63 bits per heavy atom. The third-order valence-corrected chi connectivity index (χ3v) is 5.99. The predicted octanol–water partition coefficient (Wildman–Crippen LogP) is 4.84. The molecule has 9 heteroatoms. The van der Waals surface area contributed by atoms with Gasteiger partial charge in [0.1, 0.15) is 6.61 Å². The number of hydrogen-bond acceptors (Lipinski definition) is 5. The zero-order valence-electron chi connectivity index (χ0n) is 16.1. The van der Waals surface area contributed by atoms with Crippen LogP contribution >= 0.6 is 23.2 Å². The largest absolute Gasteiger partial charge is 0.493 e. The van der Waals surface area contributed by atoms with Crippen molar-refractivity contribution >= 4 is 38.9 Å². The molecule has 0 atom stereocenters. The minimum Gasteiger partial charge on any atom is -0.493 e.